The number of likely N-dealkylation sites (N-methyl/N-ethyl adjacent to an activating group) is 1. The molecule has 0 amide bonds. The number of rotatable bonds is 4. The molecular weight excluding hydrogens is 410 g/mol. The van der Waals surface area contributed by atoms with E-state index in [1.165, 1.54) is 5.69 Å². The number of para-hydroxylation sites is 1. The third kappa shape index (κ3) is 3.62. The van der Waals surface area contributed by atoms with Crippen LogP contribution < -0.4 is 9.64 Å². The van der Waals surface area contributed by atoms with Crippen LogP contribution in [0.4, 0.5) is 5.69 Å². The van der Waals surface area contributed by atoms with Crippen LogP contribution in [-0.4, -0.2) is 60.0 Å². The molecule has 0 spiro atoms. The van der Waals surface area contributed by atoms with Crippen molar-refractivity contribution in [2.24, 2.45) is 0 Å². The second-order valence-electron chi connectivity index (χ2n) is 7.78. The minimum absolute atomic E-state index is 0.574. The van der Waals surface area contributed by atoms with E-state index in [1.54, 1.807) is 13.3 Å². The number of pyridine rings is 1. The van der Waals surface area contributed by atoms with Crippen molar-refractivity contribution in [2.75, 3.05) is 45.2 Å². The van der Waals surface area contributed by atoms with E-state index >= 15 is 0 Å². The minimum Gasteiger partial charge on any atom is -0.494 e. The average Bonchev–Trinajstić information content (AvgIpc) is 3.19. The molecule has 2 aromatic heterocycles. The predicted molar refractivity (Wildman–Crippen MR) is 126 cm³/mol. The molecule has 0 bridgehead atoms. The van der Waals surface area contributed by atoms with Crippen molar-refractivity contribution in [3.05, 3.63) is 65.9 Å². The Labute approximate surface area is 186 Å². The van der Waals surface area contributed by atoms with Gasteiger partial charge in [-0.3, -0.25) is 4.98 Å². The van der Waals surface area contributed by atoms with Crippen LogP contribution in [0.3, 0.4) is 0 Å². The zero-order valence-corrected chi connectivity index (χ0v) is 18.4. The number of hydrogen-bond acceptors (Lipinski definition) is 5. The SMILES string of the molecule is COc1cccc(Cl)c1-n1nc(-c2ccc(N3CCN(C)CC3)cc2)c2ccncc21. The molecule has 3 heterocycles. The van der Waals surface area contributed by atoms with Crippen molar-refractivity contribution in [1.82, 2.24) is 19.7 Å². The maximum absolute atomic E-state index is 6.55. The summed E-state index contributed by atoms with van der Waals surface area (Å²) in [6, 6.07) is 16.2. The summed E-state index contributed by atoms with van der Waals surface area (Å²) in [5.74, 6) is 0.665. The third-order valence-corrected chi connectivity index (χ3v) is 6.18. The van der Waals surface area contributed by atoms with Crippen LogP contribution in [0, 0.1) is 0 Å². The molecule has 1 saturated heterocycles. The van der Waals surface area contributed by atoms with Crippen LogP contribution in [0.2, 0.25) is 5.02 Å². The molecule has 1 aliphatic rings. The molecule has 0 aliphatic carbocycles. The Kier molecular flexibility index (Phi) is 5.26. The van der Waals surface area contributed by atoms with Gasteiger partial charge in [0.1, 0.15) is 17.1 Å². The fourth-order valence-corrected chi connectivity index (χ4v) is 4.35. The van der Waals surface area contributed by atoms with E-state index in [0.717, 1.165) is 48.3 Å². The van der Waals surface area contributed by atoms with E-state index in [4.69, 9.17) is 21.4 Å². The van der Waals surface area contributed by atoms with Gasteiger partial charge in [0.25, 0.3) is 0 Å². The van der Waals surface area contributed by atoms with Crippen molar-refractivity contribution in [3.63, 3.8) is 0 Å². The first kappa shape index (κ1) is 19.8. The number of nitrogens with zero attached hydrogens (tertiary/aromatic N) is 5. The van der Waals surface area contributed by atoms with E-state index in [9.17, 15) is 0 Å². The Morgan fingerprint density at radius 3 is 2.48 bits per heavy atom. The van der Waals surface area contributed by atoms with Crippen LogP contribution in [0.1, 0.15) is 0 Å². The van der Waals surface area contributed by atoms with Gasteiger partial charge in [-0.25, -0.2) is 4.68 Å². The van der Waals surface area contributed by atoms with Crippen LogP contribution in [0.25, 0.3) is 27.8 Å². The molecule has 0 radical (unpaired) electrons. The van der Waals surface area contributed by atoms with Gasteiger partial charge in [0.15, 0.2) is 0 Å². The highest BCUT2D eigenvalue weighted by Gasteiger charge is 2.19. The third-order valence-electron chi connectivity index (χ3n) is 5.87. The molecular formula is C24H24ClN5O. The maximum atomic E-state index is 6.55. The van der Waals surface area contributed by atoms with Crippen molar-refractivity contribution >= 4 is 28.2 Å². The molecule has 2 aromatic carbocycles. The number of benzene rings is 2. The zero-order valence-electron chi connectivity index (χ0n) is 17.6. The van der Waals surface area contributed by atoms with Crippen LogP contribution in [-0.2, 0) is 0 Å². The van der Waals surface area contributed by atoms with Gasteiger partial charge in [-0.2, -0.15) is 5.10 Å². The smallest absolute Gasteiger partial charge is 0.146 e. The highest BCUT2D eigenvalue weighted by atomic mass is 35.5. The largest absolute Gasteiger partial charge is 0.494 e. The van der Waals surface area contributed by atoms with E-state index in [1.807, 2.05) is 35.1 Å². The summed E-state index contributed by atoms with van der Waals surface area (Å²) in [6.45, 7) is 4.27. The van der Waals surface area contributed by atoms with Crippen molar-refractivity contribution in [3.8, 4) is 22.7 Å². The molecule has 0 unspecified atom stereocenters. The highest BCUT2D eigenvalue weighted by molar-refractivity contribution is 6.32. The van der Waals surface area contributed by atoms with Gasteiger partial charge in [-0.05, 0) is 37.4 Å². The number of methoxy groups -OCH3 is 1. The summed E-state index contributed by atoms with van der Waals surface area (Å²) >= 11 is 6.55. The maximum Gasteiger partial charge on any atom is 0.146 e. The second kappa shape index (κ2) is 8.21. The first-order valence-corrected chi connectivity index (χ1v) is 10.7. The van der Waals surface area contributed by atoms with E-state index in [0.29, 0.717) is 16.5 Å². The van der Waals surface area contributed by atoms with Gasteiger partial charge in [0.05, 0.1) is 23.8 Å². The molecule has 6 nitrogen and oxygen atoms in total. The summed E-state index contributed by atoms with van der Waals surface area (Å²) in [5.41, 5.74) is 4.79. The number of piperazine rings is 1. The standard InChI is InChI=1S/C24H24ClN5O/c1-28-12-14-29(15-13-28)18-8-6-17(7-9-18)23-19-10-11-26-16-21(19)30(27-23)24-20(25)4-3-5-22(24)31-2/h3-11,16H,12-15H2,1-2H3. The van der Waals surface area contributed by atoms with E-state index in [-0.39, 0.29) is 0 Å². The fraction of sp³-hybridized carbons (Fsp3) is 0.250. The lowest BCUT2D eigenvalue weighted by atomic mass is 10.1. The molecule has 5 rings (SSSR count). The number of ether oxygens (including phenoxy) is 1. The fourth-order valence-electron chi connectivity index (χ4n) is 4.11. The van der Waals surface area contributed by atoms with Crippen molar-refractivity contribution in [1.29, 1.82) is 0 Å². The summed E-state index contributed by atoms with van der Waals surface area (Å²) in [7, 11) is 3.81. The summed E-state index contributed by atoms with van der Waals surface area (Å²) in [4.78, 5) is 9.11. The monoisotopic (exact) mass is 433 g/mol. The Bertz CT molecular complexity index is 1210. The molecule has 0 atom stereocenters. The number of fused-ring (bicyclic) bond motifs is 1. The Morgan fingerprint density at radius 1 is 0.968 bits per heavy atom. The normalized spacial score (nSPS) is 14.9. The number of hydrogen-bond donors (Lipinski definition) is 0. The Hall–Kier alpha value is -3.09. The first-order chi connectivity index (χ1) is 15.2. The predicted octanol–water partition coefficient (Wildman–Crippen LogP) is 4.50. The Morgan fingerprint density at radius 2 is 1.74 bits per heavy atom. The van der Waals surface area contributed by atoms with Gasteiger partial charge >= 0.3 is 0 Å². The van der Waals surface area contributed by atoms with E-state index < -0.39 is 0 Å². The Balaban J connectivity index is 1.58. The number of halogens is 1. The van der Waals surface area contributed by atoms with Crippen LogP contribution in [0.5, 0.6) is 5.75 Å². The van der Waals surface area contributed by atoms with Gasteiger partial charge < -0.3 is 14.5 Å². The second-order valence-corrected chi connectivity index (χ2v) is 8.19. The van der Waals surface area contributed by atoms with Crippen molar-refractivity contribution in [2.45, 2.75) is 0 Å². The van der Waals surface area contributed by atoms with Gasteiger partial charge in [0, 0.05) is 49.0 Å². The molecule has 0 saturated carbocycles. The average molecular weight is 434 g/mol. The lowest BCUT2D eigenvalue weighted by molar-refractivity contribution is 0.313. The lowest BCUT2D eigenvalue weighted by Crippen LogP contribution is -2.44. The molecule has 0 N–H and O–H groups in total. The van der Waals surface area contributed by atoms with Crippen LogP contribution in [0.15, 0.2) is 60.9 Å². The van der Waals surface area contributed by atoms with E-state index in [2.05, 4.69) is 46.1 Å². The molecule has 31 heavy (non-hydrogen) atoms. The minimum atomic E-state index is 0.574. The summed E-state index contributed by atoms with van der Waals surface area (Å²) in [5, 5.41) is 6.53. The molecule has 1 aliphatic heterocycles. The summed E-state index contributed by atoms with van der Waals surface area (Å²) in [6.07, 6.45) is 3.60. The van der Waals surface area contributed by atoms with Crippen LogP contribution >= 0.6 is 11.6 Å². The molecule has 158 valence electrons. The lowest BCUT2D eigenvalue weighted by Gasteiger charge is -2.34. The quantitative estimate of drug-likeness (QED) is 0.474. The molecule has 4 aromatic rings. The topological polar surface area (TPSA) is 46.4 Å². The zero-order chi connectivity index (χ0) is 21.4. The van der Waals surface area contributed by atoms with Gasteiger partial charge in [0.2, 0.25) is 0 Å². The molecule has 7 heteroatoms. The van der Waals surface area contributed by atoms with Crippen molar-refractivity contribution < 1.29 is 4.74 Å². The first-order valence-electron chi connectivity index (χ1n) is 10.4. The number of aromatic nitrogens is 3. The van der Waals surface area contributed by atoms with Gasteiger partial charge in [-0.1, -0.05) is 29.8 Å². The number of anilines is 1. The molecule has 1 fully saturated rings. The highest BCUT2D eigenvalue weighted by Crippen LogP contribution is 2.36. The van der Waals surface area contributed by atoms with Gasteiger partial charge in [-0.15, -0.1) is 0 Å². The summed E-state index contributed by atoms with van der Waals surface area (Å²) < 4.78 is 7.39.